The van der Waals surface area contributed by atoms with E-state index in [0.717, 1.165) is 42.3 Å². The lowest BCUT2D eigenvalue weighted by atomic mass is 9.96. The van der Waals surface area contributed by atoms with Gasteiger partial charge in [-0.1, -0.05) is 0 Å². The average molecular weight is 442 g/mol. The first-order valence-electron chi connectivity index (χ1n) is 10.9. The standard InChI is InChI=1S/C23H28FN5O3/c1-15(30)28-10-3-4-16(12-28)22-26-20-13-29(11-9-19(20)23(25-2)27-22)21(31)14-32-18-7-5-17(24)6-8-18/h5-8,16H,3-4,9-14H2,1-2H3,(H,25,26,27)/t16-/m0/s1. The molecule has 9 heteroatoms. The summed E-state index contributed by atoms with van der Waals surface area (Å²) in [5.74, 6) is 1.61. The van der Waals surface area contributed by atoms with Gasteiger partial charge in [0, 0.05) is 45.1 Å². The van der Waals surface area contributed by atoms with Crippen molar-refractivity contribution >= 4 is 17.6 Å². The van der Waals surface area contributed by atoms with Crippen LogP contribution in [-0.2, 0) is 22.6 Å². The van der Waals surface area contributed by atoms with Gasteiger partial charge in [0.2, 0.25) is 5.91 Å². The summed E-state index contributed by atoms with van der Waals surface area (Å²) in [6.07, 6.45) is 2.50. The smallest absolute Gasteiger partial charge is 0.260 e. The molecular weight excluding hydrogens is 413 g/mol. The first-order valence-corrected chi connectivity index (χ1v) is 10.9. The van der Waals surface area contributed by atoms with Crippen LogP contribution in [0.5, 0.6) is 5.75 Å². The van der Waals surface area contributed by atoms with Gasteiger partial charge in [0.1, 0.15) is 23.2 Å². The molecule has 0 spiro atoms. The van der Waals surface area contributed by atoms with Gasteiger partial charge in [0.25, 0.3) is 5.91 Å². The van der Waals surface area contributed by atoms with E-state index >= 15 is 0 Å². The summed E-state index contributed by atoms with van der Waals surface area (Å²) < 4.78 is 18.6. The Balaban J connectivity index is 1.47. The number of benzene rings is 1. The van der Waals surface area contributed by atoms with Crippen molar-refractivity contribution in [1.82, 2.24) is 19.8 Å². The molecule has 8 nitrogen and oxygen atoms in total. The van der Waals surface area contributed by atoms with Crippen molar-refractivity contribution in [2.45, 2.75) is 38.6 Å². The van der Waals surface area contributed by atoms with Crippen molar-refractivity contribution in [3.63, 3.8) is 0 Å². The minimum Gasteiger partial charge on any atom is -0.484 e. The van der Waals surface area contributed by atoms with Crippen LogP contribution in [0.4, 0.5) is 10.2 Å². The summed E-state index contributed by atoms with van der Waals surface area (Å²) in [7, 11) is 1.84. The monoisotopic (exact) mass is 441 g/mol. The number of amides is 2. The fourth-order valence-electron chi connectivity index (χ4n) is 4.29. The minimum atomic E-state index is -0.350. The van der Waals surface area contributed by atoms with Crippen LogP contribution >= 0.6 is 0 Å². The van der Waals surface area contributed by atoms with Gasteiger partial charge < -0.3 is 19.9 Å². The zero-order valence-corrected chi connectivity index (χ0v) is 18.4. The molecule has 32 heavy (non-hydrogen) atoms. The number of nitrogens with zero attached hydrogens (tertiary/aromatic N) is 4. The molecule has 1 N–H and O–H groups in total. The van der Waals surface area contributed by atoms with Crippen LogP contribution in [0.3, 0.4) is 0 Å². The van der Waals surface area contributed by atoms with Crippen molar-refractivity contribution in [2.24, 2.45) is 0 Å². The summed E-state index contributed by atoms with van der Waals surface area (Å²) in [4.78, 5) is 37.7. The number of halogens is 1. The van der Waals surface area contributed by atoms with Gasteiger partial charge in [0.15, 0.2) is 6.61 Å². The van der Waals surface area contributed by atoms with Gasteiger partial charge in [-0.05, 0) is 43.5 Å². The number of ether oxygens (including phenoxy) is 1. The van der Waals surface area contributed by atoms with E-state index in [1.165, 1.54) is 24.3 Å². The summed E-state index contributed by atoms with van der Waals surface area (Å²) >= 11 is 0. The lowest BCUT2D eigenvalue weighted by Crippen LogP contribution is -2.40. The molecule has 1 atom stereocenters. The Morgan fingerprint density at radius 2 is 1.97 bits per heavy atom. The molecule has 3 heterocycles. The third-order valence-electron chi connectivity index (χ3n) is 6.08. The number of aromatic nitrogens is 2. The maximum Gasteiger partial charge on any atom is 0.260 e. The molecular formula is C23H28FN5O3. The second-order valence-electron chi connectivity index (χ2n) is 8.22. The van der Waals surface area contributed by atoms with Gasteiger partial charge >= 0.3 is 0 Å². The Hall–Kier alpha value is -3.23. The first kappa shape index (κ1) is 22.0. The largest absolute Gasteiger partial charge is 0.484 e. The van der Waals surface area contributed by atoms with Gasteiger partial charge in [-0.2, -0.15) is 0 Å². The third-order valence-corrected chi connectivity index (χ3v) is 6.08. The Morgan fingerprint density at radius 1 is 1.19 bits per heavy atom. The zero-order chi connectivity index (χ0) is 22.7. The molecule has 0 bridgehead atoms. The number of fused-ring (bicyclic) bond motifs is 1. The second-order valence-corrected chi connectivity index (χ2v) is 8.22. The number of likely N-dealkylation sites (tertiary alicyclic amines) is 1. The average Bonchev–Trinajstić information content (AvgIpc) is 2.82. The Labute approximate surface area is 186 Å². The molecule has 2 amide bonds. The van der Waals surface area contributed by atoms with Gasteiger partial charge in [-0.25, -0.2) is 14.4 Å². The number of hydrogen-bond acceptors (Lipinski definition) is 6. The molecule has 0 unspecified atom stereocenters. The zero-order valence-electron chi connectivity index (χ0n) is 18.4. The number of nitrogens with one attached hydrogen (secondary N) is 1. The number of piperidine rings is 1. The maximum absolute atomic E-state index is 13.0. The number of hydrogen-bond donors (Lipinski definition) is 1. The SMILES string of the molecule is CNc1nc([C@H]2CCCN(C(C)=O)C2)nc2c1CCN(C(=O)COc1ccc(F)cc1)C2. The van der Waals surface area contributed by atoms with E-state index in [0.29, 0.717) is 31.8 Å². The van der Waals surface area contributed by atoms with Crippen molar-refractivity contribution in [1.29, 1.82) is 0 Å². The Morgan fingerprint density at radius 3 is 2.69 bits per heavy atom. The quantitative estimate of drug-likeness (QED) is 0.767. The number of anilines is 1. The van der Waals surface area contributed by atoms with Gasteiger partial charge in [0.05, 0.1) is 12.2 Å². The van der Waals surface area contributed by atoms with Crippen LogP contribution in [0.2, 0.25) is 0 Å². The summed E-state index contributed by atoms with van der Waals surface area (Å²) in [6.45, 7) is 3.80. The van der Waals surface area contributed by atoms with E-state index in [-0.39, 0.29) is 30.2 Å². The molecule has 0 radical (unpaired) electrons. The molecule has 1 saturated heterocycles. The van der Waals surface area contributed by atoms with E-state index < -0.39 is 0 Å². The Kier molecular flexibility index (Phi) is 6.53. The highest BCUT2D eigenvalue weighted by molar-refractivity contribution is 5.78. The normalized spacial score (nSPS) is 18.2. The molecule has 170 valence electrons. The van der Waals surface area contributed by atoms with E-state index in [9.17, 15) is 14.0 Å². The van der Waals surface area contributed by atoms with Crippen LogP contribution in [0.15, 0.2) is 24.3 Å². The number of carbonyl (C=O) groups excluding carboxylic acids is 2. The first-order chi connectivity index (χ1) is 15.4. The lowest BCUT2D eigenvalue weighted by molar-refractivity contribution is -0.134. The molecule has 1 aromatic carbocycles. The second kappa shape index (κ2) is 9.50. The van der Waals surface area contributed by atoms with E-state index in [1.54, 1.807) is 11.8 Å². The predicted molar refractivity (Wildman–Crippen MR) is 117 cm³/mol. The molecule has 1 aromatic heterocycles. The van der Waals surface area contributed by atoms with Crippen LogP contribution in [0.25, 0.3) is 0 Å². The highest BCUT2D eigenvalue weighted by Crippen LogP contribution is 2.30. The van der Waals surface area contributed by atoms with Crippen molar-refractivity contribution in [3.8, 4) is 5.75 Å². The maximum atomic E-state index is 13.0. The molecule has 2 aliphatic rings. The van der Waals surface area contributed by atoms with Gasteiger partial charge in [-0.15, -0.1) is 0 Å². The van der Waals surface area contributed by atoms with Gasteiger partial charge in [-0.3, -0.25) is 9.59 Å². The van der Waals surface area contributed by atoms with Crippen LogP contribution in [-0.4, -0.2) is 64.9 Å². The lowest BCUT2D eigenvalue weighted by Gasteiger charge is -2.33. The van der Waals surface area contributed by atoms with Crippen LogP contribution in [0, 0.1) is 5.82 Å². The molecule has 0 saturated carbocycles. The van der Waals surface area contributed by atoms with Crippen molar-refractivity contribution in [3.05, 3.63) is 47.2 Å². The minimum absolute atomic E-state index is 0.0689. The summed E-state index contributed by atoms with van der Waals surface area (Å²) in [5, 5.41) is 3.17. The highest BCUT2D eigenvalue weighted by Gasteiger charge is 2.29. The fraction of sp³-hybridized carbons (Fsp3) is 0.478. The molecule has 4 rings (SSSR count). The predicted octanol–water partition coefficient (Wildman–Crippen LogP) is 2.35. The van der Waals surface area contributed by atoms with Crippen LogP contribution in [0.1, 0.15) is 42.8 Å². The summed E-state index contributed by atoms with van der Waals surface area (Å²) in [6, 6.07) is 5.60. The van der Waals surface area contributed by atoms with E-state index in [2.05, 4.69) is 5.32 Å². The number of carbonyl (C=O) groups is 2. The van der Waals surface area contributed by atoms with Crippen molar-refractivity contribution < 1.29 is 18.7 Å². The van der Waals surface area contributed by atoms with Crippen molar-refractivity contribution in [2.75, 3.05) is 38.6 Å². The topological polar surface area (TPSA) is 87.7 Å². The fourth-order valence-corrected chi connectivity index (χ4v) is 4.29. The number of rotatable bonds is 5. The van der Waals surface area contributed by atoms with E-state index in [4.69, 9.17) is 14.7 Å². The van der Waals surface area contributed by atoms with E-state index in [1.807, 2.05) is 11.9 Å². The molecule has 0 aliphatic carbocycles. The summed E-state index contributed by atoms with van der Waals surface area (Å²) in [5.41, 5.74) is 1.86. The molecule has 2 aromatic rings. The molecule has 1 fully saturated rings. The molecule has 2 aliphatic heterocycles. The Bertz CT molecular complexity index is 998. The highest BCUT2D eigenvalue weighted by atomic mass is 19.1. The van der Waals surface area contributed by atoms with Crippen LogP contribution < -0.4 is 10.1 Å². The third kappa shape index (κ3) is 4.81.